The highest BCUT2D eigenvalue weighted by atomic mass is 16.5. The predicted molar refractivity (Wildman–Crippen MR) is 90.3 cm³/mol. The zero-order chi connectivity index (χ0) is 17.4. The standard InChI is InChI=1S/C18H26N2O4/c1-5-20-11(3)8-10(2)14(18(20)22)17(21)19-15-12-6-7-24-16(12)13(15)9-23-4/h8,12-13,15-16H,5-7,9H2,1-4H3,(H,19,21)/t12-,13-,15-,16-/m1/s1. The number of hydrogen-bond acceptors (Lipinski definition) is 4. The fourth-order valence-corrected chi connectivity index (χ4v) is 4.25. The maximum absolute atomic E-state index is 12.8. The van der Waals surface area contributed by atoms with Crippen molar-refractivity contribution in [2.24, 2.45) is 11.8 Å². The molecule has 1 aromatic rings. The molecule has 24 heavy (non-hydrogen) atoms. The molecule has 6 nitrogen and oxygen atoms in total. The molecule has 1 N–H and O–H groups in total. The number of rotatable bonds is 5. The van der Waals surface area contributed by atoms with Crippen molar-refractivity contribution < 1.29 is 14.3 Å². The molecule has 3 rings (SSSR count). The third-order valence-electron chi connectivity index (χ3n) is 5.43. The van der Waals surface area contributed by atoms with Crippen LogP contribution in [0.3, 0.4) is 0 Å². The van der Waals surface area contributed by atoms with Crippen LogP contribution in [0.2, 0.25) is 0 Å². The quantitative estimate of drug-likeness (QED) is 0.880. The Hall–Kier alpha value is -1.66. The van der Waals surface area contributed by atoms with Gasteiger partial charge in [-0.25, -0.2) is 0 Å². The second kappa shape index (κ2) is 6.69. The maximum atomic E-state index is 12.8. The smallest absolute Gasteiger partial charge is 0.263 e. The third-order valence-corrected chi connectivity index (χ3v) is 5.43. The average molecular weight is 334 g/mol. The van der Waals surface area contributed by atoms with Crippen molar-refractivity contribution in [1.29, 1.82) is 0 Å². The SMILES string of the molecule is CCn1c(C)cc(C)c(C(=O)N[C@@H]2[C@H]3CCO[C@H]3[C@@H]2COC)c1=O. The predicted octanol–water partition coefficient (Wildman–Crippen LogP) is 1.26. The van der Waals surface area contributed by atoms with Crippen molar-refractivity contribution in [3.05, 3.63) is 33.2 Å². The van der Waals surface area contributed by atoms with Crippen LogP contribution >= 0.6 is 0 Å². The lowest BCUT2D eigenvalue weighted by atomic mass is 9.67. The van der Waals surface area contributed by atoms with Crippen molar-refractivity contribution in [3.63, 3.8) is 0 Å². The van der Waals surface area contributed by atoms with E-state index in [0.29, 0.717) is 19.1 Å². The van der Waals surface area contributed by atoms with Gasteiger partial charge in [0.2, 0.25) is 0 Å². The van der Waals surface area contributed by atoms with Crippen molar-refractivity contribution >= 4 is 5.91 Å². The Morgan fingerprint density at radius 3 is 2.88 bits per heavy atom. The number of carbonyl (C=O) groups is 1. The summed E-state index contributed by atoms with van der Waals surface area (Å²) in [4.78, 5) is 25.5. The lowest BCUT2D eigenvalue weighted by Gasteiger charge is -2.47. The van der Waals surface area contributed by atoms with Gasteiger partial charge >= 0.3 is 0 Å². The molecule has 1 saturated heterocycles. The van der Waals surface area contributed by atoms with Gasteiger partial charge in [0, 0.05) is 43.8 Å². The first-order valence-electron chi connectivity index (χ1n) is 8.62. The summed E-state index contributed by atoms with van der Waals surface area (Å²) in [6.07, 6.45) is 1.11. The molecule has 2 heterocycles. The Kier molecular flexibility index (Phi) is 4.78. The fourth-order valence-electron chi connectivity index (χ4n) is 4.25. The minimum Gasteiger partial charge on any atom is -0.384 e. The summed E-state index contributed by atoms with van der Waals surface area (Å²) in [7, 11) is 1.66. The number of fused-ring (bicyclic) bond motifs is 1. The molecule has 1 aliphatic carbocycles. The van der Waals surface area contributed by atoms with Gasteiger partial charge in [-0.2, -0.15) is 0 Å². The van der Waals surface area contributed by atoms with Crippen LogP contribution < -0.4 is 10.9 Å². The number of ether oxygens (including phenoxy) is 2. The second-order valence-corrected chi connectivity index (χ2v) is 6.80. The minimum atomic E-state index is -0.281. The number of hydrogen-bond donors (Lipinski definition) is 1. The van der Waals surface area contributed by atoms with Crippen LogP contribution in [-0.4, -0.2) is 42.9 Å². The molecular weight excluding hydrogens is 308 g/mol. The number of pyridine rings is 1. The molecule has 0 spiro atoms. The number of aryl methyl sites for hydroxylation is 2. The van der Waals surface area contributed by atoms with Crippen molar-refractivity contribution in [2.75, 3.05) is 20.3 Å². The Bertz CT molecular complexity index is 697. The van der Waals surface area contributed by atoms with Gasteiger partial charge in [0.1, 0.15) is 5.56 Å². The van der Waals surface area contributed by atoms with Crippen molar-refractivity contribution in [1.82, 2.24) is 9.88 Å². The zero-order valence-electron chi connectivity index (χ0n) is 14.8. The van der Waals surface area contributed by atoms with E-state index < -0.39 is 0 Å². The van der Waals surface area contributed by atoms with Crippen molar-refractivity contribution in [3.8, 4) is 0 Å². The van der Waals surface area contributed by atoms with Gasteiger partial charge in [-0.1, -0.05) is 0 Å². The summed E-state index contributed by atoms with van der Waals surface area (Å²) in [6.45, 7) is 7.46. The number of amides is 1. The third kappa shape index (κ3) is 2.67. The highest BCUT2D eigenvalue weighted by molar-refractivity contribution is 5.95. The van der Waals surface area contributed by atoms with Gasteiger partial charge in [-0.05, 0) is 38.8 Å². The van der Waals surface area contributed by atoms with Gasteiger partial charge in [0.25, 0.3) is 11.5 Å². The molecule has 0 bridgehead atoms. The van der Waals surface area contributed by atoms with Gasteiger partial charge in [-0.15, -0.1) is 0 Å². The van der Waals surface area contributed by atoms with Crippen LogP contribution in [0.25, 0.3) is 0 Å². The topological polar surface area (TPSA) is 69.6 Å². The molecule has 0 radical (unpaired) electrons. The van der Waals surface area contributed by atoms with Crippen LogP contribution in [0.15, 0.2) is 10.9 Å². The molecule has 2 aliphatic rings. The normalized spacial score (nSPS) is 28.3. The molecule has 4 atom stereocenters. The van der Waals surface area contributed by atoms with Crippen LogP contribution in [-0.2, 0) is 16.0 Å². The Morgan fingerprint density at radius 2 is 2.21 bits per heavy atom. The van der Waals surface area contributed by atoms with Crippen molar-refractivity contribution in [2.45, 2.75) is 45.9 Å². The molecule has 0 unspecified atom stereocenters. The first-order valence-corrected chi connectivity index (χ1v) is 8.62. The number of nitrogens with one attached hydrogen (secondary N) is 1. The molecule has 1 amide bonds. The summed E-state index contributed by atoms with van der Waals surface area (Å²) >= 11 is 0. The fraction of sp³-hybridized carbons (Fsp3) is 0.667. The molecule has 1 aliphatic heterocycles. The molecule has 1 aromatic heterocycles. The summed E-state index contributed by atoms with van der Waals surface area (Å²) in [5.74, 6) is 0.204. The van der Waals surface area contributed by atoms with E-state index in [1.54, 1.807) is 11.7 Å². The van der Waals surface area contributed by atoms with Gasteiger partial charge in [0.15, 0.2) is 0 Å². The first-order chi connectivity index (χ1) is 11.5. The van der Waals surface area contributed by atoms with E-state index >= 15 is 0 Å². The van der Waals surface area contributed by atoms with Crippen LogP contribution in [0, 0.1) is 25.7 Å². The second-order valence-electron chi connectivity index (χ2n) is 6.80. The minimum absolute atomic E-state index is 0.0140. The lowest BCUT2D eigenvalue weighted by molar-refractivity contribution is -0.0809. The zero-order valence-corrected chi connectivity index (χ0v) is 14.8. The molecule has 0 aromatic carbocycles. The molecule has 2 fully saturated rings. The Labute approximate surface area is 142 Å². The number of nitrogens with zero attached hydrogens (tertiary/aromatic N) is 1. The van der Waals surface area contributed by atoms with Gasteiger partial charge in [-0.3, -0.25) is 9.59 Å². The highest BCUT2D eigenvalue weighted by Gasteiger charge is 2.54. The van der Waals surface area contributed by atoms with E-state index in [0.717, 1.165) is 24.3 Å². The largest absolute Gasteiger partial charge is 0.384 e. The van der Waals surface area contributed by atoms with E-state index in [-0.39, 0.29) is 35.1 Å². The van der Waals surface area contributed by atoms with Gasteiger partial charge < -0.3 is 19.4 Å². The van der Waals surface area contributed by atoms with E-state index in [1.165, 1.54) is 0 Å². The number of aromatic nitrogens is 1. The van der Waals surface area contributed by atoms with Gasteiger partial charge in [0.05, 0.1) is 12.7 Å². The van der Waals surface area contributed by atoms with E-state index in [4.69, 9.17) is 9.47 Å². The average Bonchev–Trinajstić information content (AvgIpc) is 2.94. The van der Waals surface area contributed by atoms with E-state index in [9.17, 15) is 9.59 Å². The number of methoxy groups -OCH3 is 1. The lowest BCUT2D eigenvalue weighted by Crippen LogP contribution is -2.63. The summed E-state index contributed by atoms with van der Waals surface area (Å²) in [6, 6.07) is 1.91. The van der Waals surface area contributed by atoms with Crippen LogP contribution in [0.1, 0.15) is 35.0 Å². The van der Waals surface area contributed by atoms with E-state index in [1.807, 2.05) is 26.8 Å². The van der Waals surface area contributed by atoms with E-state index in [2.05, 4.69) is 5.32 Å². The number of carbonyl (C=O) groups excluding carboxylic acids is 1. The monoisotopic (exact) mass is 334 g/mol. The Morgan fingerprint density at radius 1 is 1.46 bits per heavy atom. The first kappa shape index (κ1) is 17.2. The summed E-state index contributed by atoms with van der Waals surface area (Å²) in [5.41, 5.74) is 1.64. The van der Waals surface area contributed by atoms with Crippen LogP contribution in [0.5, 0.6) is 0 Å². The molecule has 6 heteroatoms. The maximum Gasteiger partial charge on any atom is 0.263 e. The Balaban J connectivity index is 1.84. The molecule has 1 saturated carbocycles. The van der Waals surface area contributed by atoms with Crippen LogP contribution in [0.4, 0.5) is 0 Å². The molecule has 132 valence electrons. The highest BCUT2D eigenvalue weighted by Crippen LogP contribution is 2.43. The summed E-state index contributed by atoms with van der Waals surface area (Å²) in [5, 5.41) is 3.08. The molecular formula is C18H26N2O4. The summed E-state index contributed by atoms with van der Waals surface area (Å²) < 4.78 is 12.6.